The Kier molecular flexibility index (Phi) is 4.75. The van der Waals surface area contributed by atoms with Crippen molar-refractivity contribution in [3.05, 3.63) is 30.3 Å². The fraction of sp³-hybridized carbons (Fsp3) is 0.682. The van der Waals surface area contributed by atoms with Crippen molar-refractivity contribution in [1.29, 1.82) is 0 Å². The van der Waals surface area contributed by atoms with Gasteiger partial charge in [-0.25, -0.2) is 0 Å². The van der Waals surface area contributed by atoms with Gasteiger partial charge in [0.05, 0.1) is 0 Å². The van der Waals surface area contributed by atoms with Crippen LogP contribution in [0.2, 0.25) is 0 Å². The van der Waals surface area contributed by atoms with Crippen molar-refractivity contribution >= 4 is 5.91 Å². The van der Waals surface area contributed by atoms with Crippen molar-refractivity contribution in [2.45, 2.75) is 51.9 Å². The van der Waals surface area contributed by atoms with Crippen molar-refractivity contribution in [3.8, 4) is 5.75 Å². The third-order valence-corrected chi connectivity index (χ3v) is 6.85. The van der Waals surface area contributed by atoms with Crippen LogP contribution in [0.15, 0.2) is 30.3 Å². The molecule has 4 aliphatic carbocycles. The molecule has 4 aliphatic rings. The van der Waals surface area contributed by atoms with Gasteiger partial charge in [-0.1, -0.05) is 31.0 Å². The third-order valence-electron chi connectivity index (χ3n) is 6.85. The smallest absolute Gasteiger partial charge is 0.260 e. The van der Waals surface area contributed by atoms with Crippen LogP contribution in [-0.2, 0) is 4.79 Å². The lowest BCUT2D eigenvalue weighted by Gasteiger charge is -2.50. The maximum absolute atomic E-state index is 12.8. The van der Waals surface area contributed by atoms with Crippen LogP contribution >= 0.6 is 0 Å². The van der Waals surface area contributed by atoms with Gasteiger partial charge in [0.2, 0.25) is 0 Å². The van der Waals surface area contributed by atoms with E-state index in [1.807, 2.05) is 30.3 Å². The molecule has 0 N–H and O–H groups in total. The van der Waals surface area contributed by atoms with Crippen molar-refractivity contribution in [1.82, 2.24) is 4.90 Å². The number of rotatable bonds is 6. The minimum absolute atomic E-state index is 0.140. The molecule has 1 aromatic rings. The van der Waals surface area contributed by atoms with Gasteiger partial charge in [0.25, 0.3) is 5.91 Å². The summed E-state index contributed by atoms with van der Waals surface area (Å²) in [6.07, 6.45) is 9.82. The summed E-state index contributed by atoms with van der Waals surface area (Å²) < 4.78 is 5.70. The van der Waals surface area contributed by atoms with Crippen molar-refractivity contribution in [3.63, 3.8) is 0 Å². The minimum Gasteiger partial charge on any atom is -0.484 e. The van der Waals surface area contributed by atoms with E-state index >= 15 is 0 Å². The van der Waals surface area contributed by atoms with Crippen LogP contribution in [-0.4, -0.2) is 30.5 Å². The Morgan fingerprint density at radius 2 is 1.72 bits per heavy atom. The normalized spacial score (nSPS) is 33.1. The number of carbonyl (C=O) groups is 1. The van der Waals surface area contributed by atoms with Crippen molar-refractivity contribution in [2.24, 2.45) is 23.2 Å². The fourth-order valence-electron chi connectivity index (χ4n) is 6.10. The highest BCUT2D eigenvalue weighted by Crippen LogP contribution is 2.57. The Bertz CT molecular complexity index is 583. The Morgan fingerprint density at radius 3 is 2.36 bits per heavy atom. The fourth-order valence-corrected chi connectivity index (χ4v) is 6.10. The molecule has 4 fully saturated rings. The molecule has 0 spiro atoms. The number of amides is 1. The maximum Gasteiger partial charge on any atom is 0.260 e. The number of benzene rings is 1. The van der Waals surface area contributed by atoms with Crippen molar-refractivity contribution in [2.75, 3.05) is 19.7 Å². The van der Waals surface area contributed by atoms with E-state index in [2.05, 4.69) is 11.8 Å². The highest BCUT2D eigenvalue weighted by atomic mass is 16.5. The highest BCUT2D eigenvalue weighted by Gasteiger charge is 2.49. The molecule has 136 valence electrons. The molecule has 2 unspecified atom stereocenters. The minimum atomic E-state index is 0.140. The Labute approximate surface area is 151 Å². The average molecular weight is 341 g/mol. The van der Waals surface area contributed by atoms with Gasteiger partial charge in [-0.3, -0.25) is 4.79 Å². The number of carbonyl (C=O) groups excluding carboxylic acids is 1. The summed E-state index contributed by atoms with van der Waals surface area (Å²) in [5.41, 5.74) is 0.394. The van der Waals surface area contributed by atoms with Gasteiger partial charge in [0, 0.05) is 13.1 Å². The number of hydrogen-bond donors (Lipinski definition) is 0. The van der Waals surface area contributed by atoms with Crippen LogP contribution < -0.4 is 4.74 Å². The summed E-state index contributed by atoms with van der Waals surface area (Å²) in [7, 11) is 0. The number of nitrogens with zero attached hydrogens (tertiary/aromatic N) is 1. The summed E-state index contributed by atoms with van der Waals surface area (Å²) in [6, 6.07) is 9.66. The zero-order chi connectivity index (χ0) is 17.3. The topological polar surface area (TPSA) is 29.5 Å². The number of fused-ring (bicyclic) bond motifs is 1. The predicted octanol–water partition coefficient (Wildman–Crippen LogP) is 4.52. The monoisotopic (exact) mass is 341 g/mol. The van der Waals surface area contributed by atoms with E-state index in [9.17, 15) is 4.79 Å². The van der Waals surface area contributed by atoms with Crippen LogP contribution in [0.1, 0.15) is 51.9 Å². The van der Waals surface area contributed by atoms with E-state index in [4.69, 9.17) is 4.74 Å². The standard InChI is InChI=1S/C22H31NO2/c1-2-23(21(24)15-25-20-6-4-3-5-7-20)16-22-12-17-8-9-18(13-22)11-19(10-17)14-22/h3-7,17-19H,2,8-16H2,1H3. The predicted molar refractivity (Wildman–Crippen MR) is 99.4 cm³/mol. The van der Waals surface area contributed by atoms with E-state index in [-0.39, 0.29) is 12.5 Å². The van der Waals surface area contributed by atoms with Crippen molar-refractivity contribution < 1.29 is 9.53 Å². The molecule has 0 aliphatic heterocycles. The third kappa shape index (κ3) is 3.70. The molecule has 4 saturated carbocycles. The lowest BCUT2D eigenvalue weighted by molar-refractivity contribution is -0.136. The summed E-state index contributed by atoms with van der Waals surface area (Å²) in [6.45, 7) is 4.00. The van der Waals surface area contributed by atoms with E-state index in [0.717, 1.165) is 36.6 Å². The first-order valence-electron chi connectivity index (χ1n) is 10.1. The van der Waals surface area contributed by atoms with Gasteiger partial charge >= 0.3 is 0 Å². The van der Waals surface area contributed by atoms with Gasteiger partial charge in [0.1, 0.15) is 5.75 Å². The van der Waals surface area contributed by atoms with Crippen LogP contribution in [0.4, 0.5) is 0 Å². The molecule has 0 aromatic heterocycles. The highest BCUT2D eigenvalue weighted by molar-refractivity contribution is 5.77. The van der Waals surface area contributed by atoms with Gasteiger partial charge < -0.3 is 9.64 Å². The lowest BCUT2D eigenvalue weighted by atomic mass is 9.58. The van der Waals surface area contributed by atoms with Crippen LogP contribution in [0.25, 0.3) is 0 Å². The molecule has 0 heterocycles. The lowest BCUT2D eigenvalue weighted by Crippen LogP contribution is -2.48. The SMILES string of the molecule is CCN(CC12CC3CCC(CC(C3)C1)C2)C(=O)COc1ccccc1. The number of likely N-dealkylation sites (N-methyl/N-ethyl adjacent to an activating group) is 1. The molecular weight excluding hydrogens is 310 g/mol. The molecule has 4 bridgehead atoms. The Hall–Kier alpha value is -1.51. The zero-order valence-electron chi connectivity index (χ0n) is 15.5. The van der Waals surface area contributed by atoms with E-state index in [1.165, 1.54) is 44.9 Å². The Balaban J connectivity index is 1.40. The second kappa shape index (κ2) is 7.01. The molecule has 1 amide bonds. The van der Waals surface area contributed by atoms with Gasteiger partial charge in [-0.15, -0.1) is 0 Å². The van der Waals surface area contributed by atoms with E-state index < -0.39 is 0 Å². The zero-order valence-corrected chi connectivity index (χ0v) is 15.5. The summed E-state index contributed by atoms with van der Waals surface area (Å²) >= 11 is 0. The molecule has 0 radical (unpaired) electrons. The molecule has 3 heteroatoms. The Morgan fingerprint density at radius 1 is 1.08 bits per heavy atom. The molecule has 0 saturated heterocycles. The summed E-state index contributed by atoms with van der Waals surface area (Å²) in [5, 5.41) is 0. The number of ether oxygens (including phenoxy) is 1. The quantitative estimate of drug-likeness (QED) is 0.761. The molecule has 1 aromatic carbocycles. The first-order valence-corrected chi connectivity index (χ1v) is 10.1. The van der Waals surface area contributed by atoms with Crippen LogP contribution in [0.3, 0.4) is 0 Å². The molecule has 3 nitrogen and oxygen atoms in total. The second-order valence-corrected chi connectivity index (χ2v) is 8.77. The first-order chi connectivity index (χ1) is 12.2. The van der Waals surface area contributed by atoms with E-state index in [0.29, 0.717) is 5.41 Å². The van der Waals surface area contributed by atoms with Crippen LogP contribution in [0.5, 0.6) is 5.75 Å². The number of para-hydroxylation sites is 1. The second-order valence-electron chi connectivity index (χ2n) is 8.77. The van der Waals surface area contributed by atoms with Crippen LogP contribution in [0, 0.1) is 23.2 Å². The molecule has 2 atom stereocenters. The van der Waals surface area contributed by atoms with E-state index in [1.54, 1.807) is 0 Å². The largest absolute Gasteiger partial charge is 0.484 e. The summed E-state index contributed by atoms with van der Waals surface area (Å²) in [5.74, 6) is 3.68. The molecular formula is C22H31NO2. The first kappa shape index (κ1) is 16.9. The number of hydrogen-bond acceptors (Lipinski definition) is 2. The molecule has 25 heavy (non-hydrogen) atoms. The maximum atomic E-state index is 12.8. The van der Waals surface area contributed by atoms with Gasteiger partial charge in [-0.2, -0.15) is 0 Å². The molecule has 5 rings (SSSR count). The average Bonchev–Trinajstić information content (AvgIpc) is 2.84. The summed E-state index contributed by atoms with van der Waals surface area (Å²) in [4.78, 5) is 14.8. The van der Waals surface area contributed by atoms with Gasteiger partial charge in [0.15, 0.2) is 6.61 Å². The van der Waals surface area contributed by atoms with Gasteiger partial charge in [-0.05, 0) is 74.3 Å².